The van der Waals surface area contributed by atoms with E-state index in [4.69, 9.17) is 0 Å². The Hall–Kier alpha value is -3.88. The van der Waals surface area contributed by atoms with Crippen molar-refractivity contribution in [1.29, 1.82) is 0 Å². The molecule has 2 heteroatoms. The average molecular weight is 503 g/mol. The number of ketones is 2. The molecule has 0 aliphatic heterocycles. The number of carbonyl (C=O) groups excluding carboxylic acids is 2. The van der Waals surface area contributed by atoms with Gasteiger partial charge >= 0.3 is 0 Å². The first kappa shape index (κ1) is 28.7. The molecule has 0 heterocycles. The first-order valence-corrected chi connectivity index (χ1v) is 14.0. The maximum absolute atomic E-state index is 12.9. The summed E-state index contributed by atoms with van der Waals surface area (Å²) in [4.78, 5) is 25.9. The molecular weight excluding hydrogens is 464 g/mol. The van der Waals surface area contributed by atoms with E-state index in [2.05, 4.69) is 37.5 Å². The smallest absolute Gasteiger partial charge is 0.193 e. The van der Waals surface area contributed by atoms with Crippen LogP contribution in [0.2, 0.25) is 0 Å². The van der Waals surface area contributed by atoms with Crippen molar-refractivity contribution in [2.75, 3.05) is 0 Å². The molecule has 3 rings (SSSR count). The van der Waals surface area contributed by atoms with E-state index in [-0.39, 0.29) is 11.6 Å². The Bertz CT molecular complexity index is 1180. The Labute approximate surface area is 228 Å². The van der Waals surface area contributed by atoms with Gasteiger partial charge in [0.15, 0.2) is 11.6 Å². The number of hydrogen-bond donors (Lipinski definition) is 0. The van der Waals surface area contributed by atoms with Gasteiger partial charge in [-0.15, -0.1) is 0 Å². The number of benzene rings is 3. The summed E-state index contributed by atoms with van der Waals surface area (Å²) in [5.41, 5.74) is 4.17. The van der Waals surface area contributed by atoms with E-state index in [0.717, 1.165) is 36.8 Å². The van der Waals surface area contributed by atoms with Gasteiger partial charge in [0.1, 0.15) is 0 Å². The molecule has 0 atom stereocenters. The lowest BCUT2D eigenvalue weighted by atomic mass is 9.98. The molecule has 0 aromatic heterocycles. The van der Waals surface area contributed by atoms with Crippen molar-refractivity contribution in [3.8, 4) is 23.7 Å². The third-order valence-corrected chi connectivity index (χ3v) is 6.48. The second kappa shape index (κ2) is 16.1. The van der Waals surface area contributed by atoms with Crippen LogP contribution in [0.4, 0.5) is 0 Å². The predicted octanol–water partition coefficient (Wildman–Crippen LogP) is 8.79. The summed E-state index contributed by atoms with van der Waals surface area (Å²) in [6.45, 7) is 4.41. The normalized spacial score (nSPS) is 10.2. The fourth-order valence-electron chi connectivity index (χ4n) is 4.13. The SMILES string of the molecule is CCCCCCC#Cc1ccc(C(=O)c2ccc(C(=O)c3ccc(C#CCCCCCC)cc3)cc2)cc1. The van der Waals surface area contributed by atoms with Crippen molar-refractivity contribution in [1.82, 2.24) is 0 Å². The van der Waals surface area contributed by atoms with Gasteiger partial charge in [-0.3, -0.25) is 9.59 Å². The van der Waals surface area contributed by atoms with Crippen molar-refractivity contribution in [3.05, 3.63) is 106 Å². The van der Waals surface area contributed by atoms with Crippen LogP contribution < -0.4 is 0 Å². The van der Waals surface area contributed by atoms with Gasteiger partial charge < -0.3 is 0 Å². The minimum absolute atomic E-state index is 0.0688. The molecular formula is C36H38O2. The highest BCUT2D eigenvalue weighted by Crippen LogP contribution is 2.16. The molecule has 0 saturated heterocycles. The second-order valence-electron chi connectivity index (χ2n) is 9.62. The molecule has 0 aliphatic carbocycles. The highest BCUT2D eigenvalue weighted by Gasteiger charge is 2.12. The van der Waals surface area contributed by atoms with Gasteiger partial charge in [-0.1, -0.05) is 100 Å². The Morgan fingerprint density at radius 1 is 0.474 bits per heavy atom. The van der Waals surface area contributed by atoms with Gasteiger partial charge in [0.2, 0.25) is 0 Å². The number of hydrogen-bond acceptors (Lipinski definition) is 2. The molecule has 0 N–H and O–H groups in total. The Morgan fingerprint density at radius 2 is 0.789 bits per heavy atom. The van der Waals surface area contributed by atoms with E-state index in [1.807, 2.05) is 48.5 Å². The molecule has 0 spiro atoms. The van der Waals surface area contributed by atoms with Crippen LogP contribution in [0, 0.1) is 23.7 Å². The number of rotatable bonds is 12. The minimum Gasteiger partial charge on any atom is -0.289 e. The van der Waals surface area contributed by atoms with Gasteiger partial charge in [-0.2, -0.15) is 0 Å². The lowest BCUT2D eigenvalue weighted by Crippen LogP contribution is -2.04. The van der Waals surface area contributed by atoms with Crippen LogP contribution in [0.15, 0.2) is 72.8 Å². The molecule has 0 saturated carbocycles. The summed E-state index contributed by atoms with van der Waals surface area (Å²) in [7, 11) is 0. The van der Waals surface area contributed by atoms with Gasteiger partial charge in [0.25, 0.3) is 0 Å². The van der Waals surface area contributed by atoms with Crippen LogP contribution in [0.1, 0.15) is 121 Å². The Balaban J connectivity index is 1.55. The molecule has 3 aromatic carbocycles. The molecule has 3 aromatic rings. The predicted molar refractivity (Wildman–Crippen MR) is 157 cm³/mol. The molecule has 0 radical (unpaired) electrons. The lowest BCUT2D eigenvalue weighted by Gasteiger charge is -2.05. The van der Waals surface area contributed by atoms with Crippen LogP contribution in [0.3, 0.4) is 0 Å². The van der Waals surface area contributed by atoms with E-state index >= 15 is 0 Å². The third-order valence-electron chi connectivity index (χ3n) is 6.48. The van der Waals surface area contributed by atoms with Gasteiger partial charge in [-0.05, 0) is 61.4 Å². The van der Waals surface area contributed by atoms with Crippen molar-refractivity contribution < 1.29 is 9.59 Å². The quantitative estimate of drug-likeness (QED) is 0.141. The fraction of sp³-hybridized carbons (Fsp3) is 0.333. The first-order valence-electron chi connectivity index (χ1n) is 14.0. The third kappa shape index (κ3) is 9.21. The Morgan fingerprint density at radius 3 is 1.11 bits per heavy atom. The van der Waals surface area contributed by atoms with Crippen molar-refractivity contribution >= 4 is 11.6 Å². The second-order valence-corrected chi connectivity index (χ2v) is 9.62. The topological polar surface area (TPSA) is 34.1 Å². The van der Waals surface area contributed by atoms with E-state index < -0.39 is 0 Å². The van der Waals surface area contributed by atoms with Crippen LogP contribution in [0.5, 0.6) is 0 Å². The van der Waals surface area contributed by atoms with Crippen LogP contribution >= 0.6 is 0 Å². The summed E-state index contributed by atoms with van der Waals surface area (Å²) in [6, 6.07) is 21.7. The summed E-state index contributed by atoms with van der Waals surface area (Å²) in [6.07, 6.45) is 11.5. The summed E-state index contributed by atoms with van der Waals surface area (Å²) in [5, 5.41) is 0. The lowest BCUT2D eigenvalue weighted by molar-refractivity contribution is 0.102. The molecule has 2 nitrogen and oxygen atoms in total. The van der Waals surface area contributed by atoms with Crippen molar-refractivity contribution in [3.63, 3.8) is 0 Å². The first-order chi connectivity index (χ1) is 18.6. The standard InChI is InChI=1S/C36H38O2/c1-3-5-7-9-11-13-15-29-17-21-31(22-18-29)35(37)33-25-27-34(28-26-33)36(38)32-23-19-30(20-24-32)16-14-12-10-8-6-4-2/h17-28H,3-12H2,1-2H3. The summed E-state index contributed by atoms with van der Waals surface area (Å²) in [5.74, 6) is 12.7. The molecule has 0 aliphatic rings. The zero-order valence-corrected chi connectivity index (χ0v) is 22.8. The molecule has 0 unspecified atom stereocenters. The Kier molecular flexibility index (Phi) is 12.1. The van der Waals surface area contributed by atoms with E-state index in [9.17, 15) is 9.59 Å². The van der Waals surface area contributed by atoms with Gasteiger partial charge in [0, 0.05) is 46.2 Å². The van der Waals surface area contributed by atoms with Crippen LogP contribution in [-0.2, 0) is 0 Å². The van der Waals surface area contributed by atoms with Crippen molar-refractivity contribution in [2.45, 2.75) is 78.1 Å². The average Bonchev–Trinajstić information content (AvgIpc) is 2.97. The maximum Gasteiger partial charge on any atom is 0.193 e. The summed E-state index contributed by atoms with van der Waals surface area (Å²) < 4.78 is 0. The number of unbranched alkanes of at least 4 members (excludes halogenated alkanes) is 8. The molecule has 0 fully saturated rings. The number of carbonyl (C=O) groups is 2. The minimum atomic E-state index is -0.0688. The maximum atomic E-state index is 12.9. The fourth-order valence-corrected chi connectivity index (χ4v) is 4.13. The molecule has 0 amide bonds. The highest BCUT2D eigenvalue weighted by molar-refractivity contribution is 6.11. The van der Waals surface area contributed by atoms with Crippen LogP contribution in [0.25, 0.3) is 0 Å². The zero-order valence-electron chi connectivity index (χ0n) is 22.8. The molecule has 38 heavy (non-hydrogen) atoms. The zero-order chi connectivity index (χ0) is 27.0. The van der Waals surface area contributed by atoms with E-state index in [1.165, 1.54) is 38.5 Å². The van der Waals surface area contributed by atoms with Gasteiger partial charge in [0.05, 0.1) is 0 Å². The van der Waals surface area contributed by atoms with E-state index in [1.54, 1.807) is 24.3 Å². The largest absolute Gasteiger partial charge is 0.289 e. The summed E-state index contributed by atoms with van der Waals surface area (Å²) >= 11 is 0. The monoisotopic (exact) mass is 502 g/mol. The van der Waals surface area contributed by atoms with Gasteiger partial charge in [-0.25, -0.2) is 0 Å². The highest BCUT2D eigenvalue weighted by atomic mass is 16.1. The van der Waals surface area contributed by atoms with Crippen molar-refractivity contribution in [2.24, 2.45) is 0 Å². The van der Waals surface area contributed by atoms with Crippen LogP contribution in [-0.4, -0.2) is 11.6 Å². The molecule has 0 bridgehead atoms. The van der Waals surface area contributed by atoms with E-state index in [0.29, 0.717) is 22.3 Å². The molecule has 194 valence electrons.